The molecule has 0 saturated carbocycles. The van der Waals surface area contributed by atoms with E-state index in [1.165, 1.54) is 11.1 Å². The second-order valence-corrected chi connectivity index (χ2v) is 9.37. The summed E-state index contributed by atoms with van der Waals surface area (Å²) in [4.78, 5) is 27.7. The lowest BCUT2D eigenvalue weighted by Gasteiger charge is -2.35. The van der Waals surface area contributed by atoms with Crippen LogP contribution in [0.2, 0.25) is 5.02 Å². The zero-order valence-corrected chi connectivity index (χ0v) is 19.5. The predicted octanol–water partition coefficient (Wildman–Crippen LogP) is 5.76. The normalized spacial score (nSPS) is 15.2. The second kappa shape index (κ2) is 12.1. The van der Waals surface area contributed by atoms with Gasteiger partial charge in [0.2, 0.25) is 11.8 Å². The Hall–Kier alpha value is -2.33. The van der Waals surface area contributed by atoms with E-state index in [1.807, 2.05) is 56.0 Å². The van der Waals surface area contributed by atoms with E-state index in [2.05, 4.69) is 23.5 Å². The second-order valence-electron chi connectivity index (χ2n) is 8.93. The van der Waals surface area contributed by atoms with E-state index in [9.17, 15) is 9.59 Å². The molecule has 174 valence electrons. The Bertz CT molecular complexity index is 887. The van der Waals surface area contributed by atoms with Crippen LogP contribution in [0, 0.1) is 12.8 Å². The van der Waals surface area contributed by atoms with Crippen molar-refractivity contribution in [3.05, 3.63) is 70.2 Å². The predicted molar refractivity (Wildman–Crippen MR) is 133 cm³/mol. The molecule has 0 aliphatic carbocycles. The molecule has 1 N–H and O–H groups in total. The van der Waals surface area contributed by atoms with Crippen LogP contribution in [-0.4, -0.2) is 35.8 Å². The zero-order chi connectivity index (χ0) is 22.4. The summed E-state index contributed by atoms with van der Waals surface area (Å²) in [5, 5.41) is 3.75. The highest BCUT2D eigenvalue weighted by Gasteiger charge is 2.31. The number of benzene rings is 2. The van der Waals surface area contributed by atoms with Crippen molar-refractivity contribution < 1.29 is 9.59 Å². The van der Waals surface area contributed by atoms with E-state index >= 15 is 0 Å². The molecule has 1 heterocycles. The fraction of sp³-hybridized carbons (Fsp3) is 0.481. The Morgan fingerprint density at radius 1 is 1.09 bits per heavy atom. The van der Waals surface area contributed by atoms with Crippen molar-refractivity contribution in [1.82, 2.24) is 10.2 Å². The van der Waals surface area contributed by atoms with Crippen LogP contribution in [0.5, 0.6) is 0 Å². The van der Waals surface area contributed by atoms with Crippen molar-refractivity contribution in [2.24, 2.45) is 5.92 Å². The van der Waals surface area contributed by atoms with Gasteiger partial charge in [-0.1, -0.05) is 74.8 Å². The number of piperidine rings is 1. The van der Waals surface area contributed by atoms with E-state index in [-0.39, 0.29) is 25.2 Å². The van der Waals surface area contributed by atoms with Crippen molar-refractivity contribution in [3.8, 4) is 0 Å². The molecule has 0 unspecified atom stereocenters. The number of nitrogens with one attached hydrogen (secondary N) is 1. The van der Waals surface area contributed by atoms with Crippen molar-refractivity contribution in [2.45, 2.75) is 65.8 Å². The molecular formula is C27H37ClN2O2. The van der Waals surface area contributed by atoms with Crippen molar-refractivity contribution >= 4 is 23.4 Å². The lowest BCUT2D eigenvalue weighted by molar-refractivity contribution is -0.138. The lowest BCUT2D eigenvalue weighted by atomic mass is 9.89. The van der Waals surface area contributed by atoms with Crippen LogP contribution in [0.4, 0.5) is 0 Å². The first kappa shape index (κ1) is 25.9. The molecule has 4 nitrogen and oxygen atoms in total. The number of hydrogen-bond acceptors (Lipinski definition) is 2. The number of carbonyl (C=O) groups excluding carboxylic acids is 2. The minimum Gasteiger partial charge on any atom is -0.344 e. The molecule has 0 radical (unpaired) electrons. The lowest BCUT2D eigenvalue weighted by Crippen LogP contribution is -2.52. The minimum atomic E-state index is -0.475. The van der Waals surface area contributed by atoms with E-state index in [4.69, 9.17) is 11.6 Å². The van der Waals surface area contributed by atoms with Crippen LogP contribution in [-0.2, 0) is 16.0 Å². The summed E-state index contributed by atoms with van der Waals surface area (Å²) in [6.07, 6.45) is 2.93. The van der Waals surface area contributed by atoms with E-state index in [0.717, 1.165) is 23.4 Å². The molecule has 0 bridgehead atoms. The SMILES string of the molecule is C.Cc1cccc(CCC(=O)N[C@@H](C(=O)N2CCC(c3ccc(Cl)cc3)CC2)C(C)C)c1. The first-order valence-corrected chi connectivity index (χ1v) is 11.6. The summed E-state index contributed by atoms with van der Waals surface area (Å²) >= 11 is 6.00. The van der Waals surface area contributed by atoms with Gasteiger partial charge >= 0.3 is 0 Å². The van der Waals surface area contributed by atoms with E-state index in [0.29, 0.717) is 31.8 Å². The Morgan fingerprint density at radius 2 is 1.75 bits per heavy atom. The van der Waals surface area contributed by atoms with Crippen LogP contribution in [0.1, 0.15) is 63.1 Å². The molecule has 2 aromatic rings. The summed E-state index contributed by atoms with van der Waals surface area (Å²) in [6.45, 7) is 7.46. The number of likely N-dealkylation sites (tertiary alicyclic amines) is 1. The van der Waals surface area contributed by atoms with Gasteiger partial charge in [0, 0.05) is 24.5 Å². The summed E-state index contributed by atoms with van der Waals surface area (Å²) < 4.78 is 0. The van der Waals surface area contributed by atoms with Crippen LogP contribution in [0.3, 0.4) is 0 Å². The summed E-state index contributed by atoms with van der Waals surface area (Å²) in [5.74, 6) is 0.463. The van der Waals surface area contributed by atoms with E-state index < -0.39 is 6.04 Å². The third-order valence-electron chi connectivity index (χ3n) is 6.12. The highest BCUT2D eigenvalue weighted by Crippen LogP contribution is 2.29. The largest absolute Gasteiger partial charge is 0.344 e. The number of rotatable bonds is 7. The van der Waals surface area contributed by atoms with Gasteiger partial charge in [0.25, 0.3) is 0 Å². The average molecular weight is 457 g/mol. The fourth-order valence-corrected chi connectivity index (χ4v) is 4.38. The molecule has 2 aromatic carbocycles. The highest BCUT2D eigenvalue weighted by atomic mass is 35.5. The maximum atomic E-state index is 13.2. The van der Waals surface area contributed by atoms with Gasteiger partial charge in [-0.05, 0) is 61.3 Å². The smallest absolute Gasteiger partial charge is 0.245 e. The molecule has 5 heteroatoms. The Morgan fingerprint density at radius 3 is 2.34 bits per heavy atom. The standard InChI is InChI=1S/C26H33ClN2O2.CH4/c1-18(2)25(28-24(30)12-7-20-6-4-5-19(3)17-20)26(31)29-15-13-22(14-16-29)21-8-10-23(27)11-9-21;/h4-6,8-11,17-18,22,25H,7,12-16H2,1-3H3,(H,28,30);1H4/t25-;/m1./s1. The number of aryl methyl sites for hydroxylation is 2. The summed E-state index contributed by atoms with van der Waals surface area (Å²) in [7, 11) is 0. The molecule has 32 heavy (non-hydrogen) atoms. The van der Waals surface area contributed by atoms with Gasteiger partial charge in [-0.25, -0.2) is 0 Å². The van der Waals surface area contributed by atoms with E-state index in [1.54, 1.807) is 0 Å². The molecule has 1 fully saturated rings. The first-order chi connectivity index (χ1) is 14.8. The quantitative estimate of drug-likeness (QED) is 0.575. The number of hydrogen-bond donors (Lipinski definition) is 1. The minimum absolute atomic E-state index is 0. The first-order valence-electron chi connectivity index (χ1n) is 11.2. The molecule has 1 saturated heterocycles. The topological polar surface area (TPSA) is 49.4 Å². The van der Waals surface area contributed by atoms with Gasteiger partial charge in [0.05, 0.1) is 0 Å². The Kier molecular flexibility index (Phi) is 9.77. The molecule has 2 amide bonds. The fourth-order valence-electron chi connectivity index (χ4n) is 4.25. The van der Waals surface area contributed by atoms with Crippen LogP contribution < -0.4 is 5.32 Å². The van der Waals surface area contributed by atoms with Crippen LogP contribution in [0.15, 0.2) is 48.5 Å². The summed E-state index contributed by atoms with van der Waals surface area (Å²) in [5.41, 5.74) is 3.61. The molecule has 1 aliphatic rings. The molecule has 0 spiro atoms. The van der Waals surface area contributed by atoms with Gasteiger partial charge in [-0.15, -0.1) is 0 Å². The molecule has 0 aromatic heterocycles. The number of amides is 2. The van der Waals surface area contributed by atoms with Gasteiger partial charge < -0.3 is 10.2 Å². The number of nitrogens with zero attached hydrogens (tertiary/aromatic N) is 1. The molecular weight excluding hydrogens is 420 g/mol. The number of halogens is 1. The van der Waals surface area contributed by atoms with Crippen molar-refractivity contribution in [3.63, 3.8) is 0 Å². The van der Waals surface area contributed by atoms with Gasteiger partial charge in [0.1, 0.15) is 6.04 Å². The van der Waals surface area contributed by atoms with Crippen molar-refractivity contribution in [1.29, 1.82) is 0 Å². The average Bonchev–Trinajstić information content (AvgIpc) is 2.76. The van der Waals surface area contributed by atoms with Gasteiger partial charge in [0.15, 0.2) is 0 Å². The third kappa shape index (κ3) is 7.09. The molecule has 3 rings (SSSR count). The van der Waals surface area contributed by atoms with Gasteiger partial charge in [-0.2, -0.15) is 0 Å². The molecule has 1 atom stereocenters. The van der Waals surface area contributed by atoms with Crippen LogP contribution in [0.25, 0.3) is 0 Å². The molecule has 1 aliphatic heterocycles. The van der Waals surface area contributed by atoms with Crippen LogP contribution >= 0.6 is 11.6 Å². The zero-order valence-electron chi connectivity index (χ0n) is 18.7. The monoisotopic (exact) mass is 456 g/mol. The number of carbonyl (C=O) groups is 2. The van der Waals surface area contributed by atoms with Crippen molar-refractivity contribution in [2.75, 3.05) is 13.1 Å². The summed E-state index contributed by atoms with van der Waals surface area (Å²) in [6, 6.07) is 15.7. The Labute approximate surface area is 198 Å². The Balaban J connectivity index is 0.00000363. The highest BCUT2D eigenvalue weighted by molar-refractivity contribution is 6.30. The maximum Gasteiger partial charge on any atom is 0.245 e. The maximum absolute atomic E-state index is 13.2. The third-order valence-corrected chi connectivity index (χ3v) is 6.37. The van der Waals surface area contributed by atoms with Gasteiger partial charge in [-0.3, -0.25) is 9.59 Å².